The zero-order valence-electron chi connectivity index (χ0n) is 15.0. The van der Waals surface area contributed by atoms with E-state index in [1.54, 1.807) is 4.90 Å². The van der Waals surface area contributed by atoms with Gasteiger partial charge in [-0.15, -0.1) is 0 Å². The molecule has 1 saturated carbocycles. The Hall–Kier alpha value is -0.650. The first-order valence-electron chi connectivity index (χ1n) is 9.37. The Labute approximate surface area is 141 Å². The third-order valence-corrected chi connectivity index (χ3v) is 5.41. The van der Waals surface area contributed by atoms with Crippen LogP contribution in [0.15, 0.2) is 0 Å². The maximum absolute atomic E-state index is 12.4. The van der Waals surface area contributed by atoms with Crippen LogP contribution in [-0.2, 0) is 4.79 Å². The summed E-state index contributed by atoms with van der Waals surface area (Å²) in [5, 5.41) is 10.3. The molecule has 0 spiro atoms. The Kier molecular flexibility index (Phi) is 7.80. The molecule has 1 N–H and O–H groups in total. The molecule has 1 atom stereocenters. The average Bonchev–Trinajstić information content (AvgIpc) is 2.78. The van der Waals surface area contributed by atoms with Crippen LogP contribution in [0.25, 0.3) is 0 Å². The fourth-order valence-electron chi connectivity index (χ4n) is 3.77. The topological polar surface area (TPSA) is 47.0 Å². The van der Waals surface area contributed by atoms with Crippen LogP contribution >= 0.6 is 0 Å². The van der Waals surface area contributed by atoms with Crippen LogP contribution in [0.4, 0.5) is 0 Å². The molecule has 1 aliphatic carbocycles. The number of aliphatic hydroxyl groups is 1. The lowest BCUT2D eigenvalue weighted by molar-refractivity contribution is -0.132. The summed E-state index contributed by atoms with van der Waals surface area (Å²) in [5.74, 6) is 0.761. The summed E-state index contributed by atoms with van der Waals surface area (Å²) in [6.45, 7) is 5.26. The van der Waals surface area contributed by atoms with Gasteiger partial charge in [-0.05, 0) is 25.8 Å². The summed E-state index contributed by atoms with van der Waals surface area (Å²) in [6, 6.07) is 0. The van der Waals surface area contributed by atoms with E-state index in [1.807, 2.05) is 7.05 Å². The van der Waals surface area contributed by atoms with Crippen molar-refractivity contribution in [1.29, 1.82) is 0 Å². The number of β-amino-alcohol motifs (C(OH)–C–C–N with tert-alkyl or cyclic N) is 1. The molecular weight excluding hydrogens is 290 g/mol. The number of likely N-dealkylation sites (N-methyl/N-ethyl adjacent to an activating group) is 2. The van der Waals surface area contributed by atoms with Crippen molar-refractivity contribution in [3.63, 3.8) is 0 Å². The van der Waals surface area contributed by atoms with Gasteiger partial charge in [-0.1, -0.05) is 25.7 Å². The fraction of sp³-hybridized carbons (Fsp3) is 0.944. The molecule has 1 aliphatic heterocycles. The Balaban J connectivity index is 1.67. The van der Waals surface area contributed by atoms with Gasteiger partial charge in [0.1, 0.15) is 0 Å². The van der Waals surface area contributed by atoms with Crippen LogP contribution in [0.2, 0.25) is 0 Å². The molecule has 0 bridgehead atoms. The van der Waals surface area contributed by atoms with E-state index in [2.05, 4.69) is 16.8 Å². The highest BCUT2D eigenvalue weighted by Gasteiger charge is 2.22. The van der Waals surface area contributed by atoms with Crippen LogP contribution < -0.4 is 0 Å². The molecule has 0 aromatic rings. The van der Waals surface area contributed by atoms with Crippen LogP contribution in [0, 0.1) is 5.92 Å². The SMILES string of the molecule is CN1CCN(CC(O)CN(C)C(=O)CC2CCCCCC2)CC1. The molecular formula is C18H35N3O2. The van der Waals surface area contributed by atoms with Crippen molar-refractivity contribution >= 4 is 5.91 Å². The zero-order chi connectivity index (χ0) is 16.7. The van der Waals surface area contributed by atoms with E-state index in [1.165, 1.54) is 38.5 Å². The maximum atomic E-state index is 12.4. The lowest BCUT2D eigenvalue weighted by Gasteiger charge is -2.34. The molecule has 134 valence electrons. The second kappa shape index (κ2) is 9.60. The minimum absolute atomic E-state index is 0.203. The van der Waals surface area contributed by atoms with Crippen LogP contribution in [0.3, 0.4) is 0 Å². The zero-order valence-corrected chi connectivity index (χ0v) is 15.0. The largest absolute Gasteiger partial charge is 0.390 e. The van der Waals surface area contributed by atoms with Gasteiger partial charge in [-0.2, -0.15) is 0 Å². The summed E-state index contributed by atoms with van der Waals surface area (Å²) in [6.07, 6.45) is 7.81. The lowest BCUT2D eigenvalue weighted by Crippen LogP contribution is -2.49. The van der Waals surface area contributed by atoms with Gasteiger partial charge in [-0.25, -0.2) is 0 Å². The first-order valence-corrected chi connectivity index (χ1v) is 9.37. The van der Waals surface area contributed by atoms with Crippen molar-refractivity contribution in [2.45, 2.75) is 51.0 Å². The molecule has 5 heteroatoms. The minimum Gasteiger partial charge on any atom is -0.390 e. The number of hydrogen-bond acceptors (Lipinski definition) is 4. The summed E-state index contributed by atoms with van der Waals surface area (Å²) >= 11 is 0. The molecule has 0 aromatic heterocycles. The summed E-state index contributed by atoms with van der Waals surface area (Å²) in [4.78, 5) is 18.7. The van der Waals surface area contributed by atoms with Gasteiger partial charge < -0.3 is 14.9 Å². The van der Waals surface area contributed by atoms with Crippen molar-refractivity contribution in [1.82, 2.24) is 14.7 Å². The maximum Gasteiger partial charge on any atom is 0.222 e. The van der Waals surface area contributed by atoms with Gasteiger partial charge in [0.15, 0.2) is 0 Å². The van der Waals surface area contributed by atoms with Gasteiger partial charge in [-0.3, -0.25) is 9.69 Å². The fourth-order valence-corrected chi connectivity index (χ4v) is 3.77. The Morgan fingerprint density at radius 3 is 2.35 bits per heavy atom. The first kappa shape index (κ1) is 18.7. The van der Waals surface area contributed by atoms with Gasteiger partial charge in [0.25, 0.3) is 0 Å². The van der Waals surface area contributed by atoms with E-state index >= 15 is 0 Å². The molecule has 2 aliphatic rings. The normalized spacial score (nSPS) is 23.4. The molecule has 1 heterocycles. The number of nitrogens with zero attached hydrogens (tertiary/aromatic N) is 3. The number of hydrogen-bond donors (Lipinski definition) is 1. The molecule has 5 nitrogen and oxygen atoms in total. The molecule has 1 saturated heterocycles. The van der Waals surface area contributed by atoms with Crippen molar-refractivity contribution in [3.05, 3.63) is 0 Å². The van der Waals surface area contributed by atoms with Crippen LogP contribution in [0.5, 0.6) is 0 Å². The van der Waals surface area contributed by atoms with E-state index in [0.717, 1.165) is 26.2 Å². The Bertz CT molecular complexity index is 348. The van der Waals surface area contributed by atoms with Gasteiger partial charge in [0.2, 0.25) is 5.91 Å². The van der Waals surface area contributed by atoms with Gasteiger partial charge in [0.05, 0.1) is 6.10 Å². The van der Waals surface area contributed by atoms with Crippen molar-refractivity contribution < 1.29 is 9.90 Å². The summed E-state index contributed by atoms with van der Waals surface area (Å²) < 4.78 is 0. The van der Waals surface area contributed by atoms with Crippen LogP contribution in [-0.4, -0.2) is 85.2 Å². The molecule has 1 amide bonds. The quantitative estimate of drug-likeness (QED) is 0.750. The Morgan fingerprint density at radius 2 is 1.74 bits per heavy atom. The lowest BCUT2D eigenvalue weighted by atomic mass is 9.96. The predicted octanol–water partition coefficient (Wildman–Crippen LogP) is 1.41. The van der Waals surface area contributed by atoms with Crippen molar-refractivity contribution in [2.75, 3.05) is 53.4 Å². The molecule has 2 fully saturated rings. The molecule has 23 heavy (non-hydrogen) atoms. The highest BCUT2D eigenvalue weighted by Crippen LogP contribution is 2.25. The average molecular weight is 325 g/mol. The van der Waals surface area contributed by atoms with Crippen molar-refractivity contribution in [3.8, 4) is 0 Å². The standard InChI is InChI=1S/C18H35N3O2/c1-19-9-11-21(12-10-19)15-17(22)14-20(2)18(23)13-16-7-5-3-4-6-8-16/h16-17,22H,3-15H2,1-2H3. The number of rotatable bonds is 6. The van der Waals surface area contributed by atoms with Gasteiger partial charge in [0, 0.05) is 52.7 Å². The van der Waals surface area contributed by atoms with Crippen LogP contribution in [0.1, 0.15) is 44.9 Å². The number of carbonyl (C=O) groups is 1. The second-order valence-electron chi connectivity index (χ2n) is 7.59. The molecule has 2 rings (SSSR count). The number of amides is 1. The molecule has 1 unspecified atom stereocenters. The van der Waals surface area contributed by atoms with E-state index in [9.17, 15) is 9.90 Å². The number of aliphatic hydroxyl groups excluding tert-OH is 1. The Morgan fingerprint density at radius 1 is 1.13 bits per heavy atom. The number of piperazine rings is 1. The minimum atomic E-state index is -0.443. The third-order valence-electron chi connectivity index (χ3n) is 5.41. The highest BCUT2D eigenvalue weighted by molar-refractivity contribution is 5.76. The smallest absolute Gasteiger partial charge is 0.222 e. The van der Waals surface area contributed by atoms with E-state index < -0.39 is 6.10 Å². The highest BCUT2D eigenvalue weighted by atomic mass is 16.3. The molecule has 0 aromatic carbocycles. The van der Waals surface area contributed by atoms with Gasteiger partial charge >= 0.3 is 0 Å². The summed E-state index contributed by atoms with van der Waals surface area (Å²) in [7, 11) is 3.97. The molecule has 0 radical (unpaired) electrons. The summed E-state index contributed by atoms with van der Waals surface area (Å²) in [5.41, 5.74) is 0. The third kappa shape index (κ3) is 6.77. The van der Waals surface area contributed by atoms with Crippen molar-refractivity contribution in [2.24, 2.45) is 5.92 Å². The van der Waals surface area contributed by atoms with E-state index in [-0.39, 0.29) is 5.91 Å². The monoisotopic (exact) mass is 325 g/mol. The predicted molar refractivity (Wildman–Crippen MR) is 93.4 cm³/mol. The van der Waals surface area contributed by atoms with E-state index in [4.69, 9.17) is 0 Å². The second-order valence-corrected chi connectivity index (χ2v) is 7.59. The van der Waals surface area contributed by atoms with E-state index in [0.29, 0.717) is 25.4 Å². The number of carbonyl (C=O) groups excluding carboxylic acids is 1. The first-order chi connectivity index (χ1) is 11.0.